The normalized spacial score (nSPS) is 19.1. The third kappa shape index (κ3) is 6.00. The topological polar surface area (TPSA) is 82.9 Å². The number of methoxy groups -OCH3 is 1. The zero-order valence-corrected chi connectivity index (χ0v) is 20.3. The number of ether oxygens (including phenoxy) is 1. The predicted molar refractivity (Wildman–Crippen MR) is 136 cm³/mol. The van der Waals surface area contributed by atoms with Gasteiger partial charge in [0.25, 0.3) is 0 Å². The number of rotatable bonds is 7. The van der Waals surface area contributed by atoms with Crippen molar-refractivity contribution in [3.8, 4) is 17.6 Å². The number of nitrogens with zero attached hydrogens (tertiary/aromatic N) is 2. The molecular formula is C29H32N2O4. The number of aliphatic hydroxyl groups is 1. The van der Waals surface area contributed by atoms with Crippen molar-refractivity contribution >= 4 is 16.9 Å². The Hall–Kier alpha value is -3.40. The number of aliphatic carboxylic acids is 1. The molecule has 3 aromatic rings. The first-order valence-corrected chi connectivity index (χ1v) is 12.1. The summed E-state index contributed by atoms with van der Waals surface area (Å²) in [4.78, 5) is 18.6. The van der Waals surface area contributed by atoms with E-state index in [1.807, 2.05) is 55.5 Å². The Morgan fingerprint density at radius 1 is 1.26 bits per heavy atom. The Labute approximate surface area is 206 Å². The molecule has 3 atom stereocenters. The number of aryl methyl sites for hydroxylation is 1. The first-order valence-electron chi connectivity index (χ1n) is 12.1. The van der Waals surface area contributed by atoms with E-state index in [-0.39, 0.29) is 5.92 Å². The highest BCUT2D eigenvalue weighted by Crippen LogP contribution is 2.33. The number of piperidine rings is 1. The first-order chi connectivity index (χ1) is 17.0. The molecule has 1 aliphatic rings. The van der Waals surface area contributed by atoms with Crippen LogP contribution in [0.5, 0.6) is 5.75 Å². The first kappa shape index (κ1) is 24.7. The quantitative estimate of drug-likeness (QED) is 0.495. The molecule has 4 rings (SSSR count). The number of pyridine rings is 1. The third-order valence-corrected chi connectivity index (χ3v) is 6.98. The van der Waals surface area contributed by atoms with E-state index in [1.165, 1.54) is 0 Å². The Kier molecular flexibility index (Phi) is 8.02. The fourth-order valence-electron chi connectivity index (χ4n) is 4.89. The summed E-state index contributed by atoms with van der Waals surface area (Å²) in [6, 6.07) is 15.5. The van der Waals surface area contributed by atoms with Crippen LogP contribution in [0.4, 0.5) is 0 Å². The van der Waals surface area contributed by atoms with Crippen molar-refractivity contribution in [1.82, 2.24) is 9.88 Å². The van der Waals surface area contributed by atoms with Gasteiger partial charge in [0.15, 0.2) is 0 Å². The highest BCUT2D eigenvalue weighted by atomic mass is 16.5. The van der Waals surface area contributed by atoms with Crippen LogP contribution in [0.2, 0.25) is 0 Å². The fraction of sp³-hybridized carbons (Fsp3) is 0.379. The molecule has 0 amide bonds. The molecule has 0 aliphatic carbocycles. The maximum Gasteiger partial charge on any atom is 0.308 e. The fourth-order valence-corrected chi connectivity index (χ4v) is 4.89. The van der Waals surface area contributed by atoms with Crippen LogP contribution in [0.25, 0.3) is 10.9 Å². The maximum atomic E-state index is 12.1. The summed E-state index contributed by atoms with van der Waals surface area (Å²) in [7, 11) is 1.61. The van der Waals surface area contributed by atoms with Crippen LogP contribution in [0.15, 0.2) is 54.7 Å². The summed E-state index contributed by atoms with van der Waals surface area (Å²) in [6.45, 7) is 3.88. The SMILES string of the molecule is COc1ccc2nccc([C@H](O)CC[C@@H]3CCN(CC#Cc4ccccc4C)C[C@@H]3C(=O)O)c2c1. The standard InChI is InChI=1S/C29H32N2O4/c1-20-6-3-4-7-21(20)8-5-16-31-17-14-22(26(19-31)29(33)34)9-12-28(32)24-13-15-30-27-11-10-23(35-2)18-25(24)27/h3-4,6-7,10-11,13,15,18,22,26,28,32H,9,12,14,16-17,19H2,1-2H3,(H,33,34)/t22-,26+,28-/m1/s1. The molecule has 6 nitrogen and oxygen atoms in total. The van der Waals surface area contributed by atoms with Gasteiger partial charge in [-0.15, -0.1) is 0 Å². The summed E-state index contributed by atoms with van der Waals surface area (Å²) < 4.78 is 5.33. The number of likely N-dealkylation sites (tertiary alicyclic amines) is 1. The average Bonchev–Trinajstić information content (AvgIpc) is 2.88. The van der Waals surface area contributed by atoms with Crippen molar-refractivity contribution in [2.45, 2.75) is 32.3 Å². The van der Waals surface area contributed by atoms with E-state index < -0.39 is 18.0 Å². The van der Waals surface area contributed by atoms with E-state index in [4.69, 9.17) is 4.74 Å². The molecule has 0 bridgehead atoms. The Morgan fingerprint density at radius 2 is 2.09 bits per heavy atom. The molecule has 0 spiro atoms. The number of hydrogen-bond acceptors (Lipinski definition) is 5. The zero-order chi connectivity index (χ0) is 24.8. The van der Waals surface area contributed by atoms with Crippen LogP contribution in [0.1, 0.15) is 42.1 Å². The lowest BCUT2D eigenvalue weighted by Crippen LogP contribution is -2.44. The minimum atomic E-state index is -0.778. The summed E-state index contributed by atoms with van der Waals surface area (Å²) in [6.07, 6.45) is 2.93. The molecule has 2 heterocycles. The number of carboxylic acid groups (broad SMARTS) is 1. The third-order valence-electron chi connectivity index (χ3n) is 6.98. The smallest absolute Gasteiger partial charge is 0.308 e. The van der Waals surface area contributed by atoms with Crippen LogP contribution < -0.4 is 4.74 Å². The molecule has 182 valence electrons. The summed E-state index contributed by atoms with van der Waals surface area (Å²) in [5, 5.41) is 21.7. The van der Waals surface area contributed by atoms with Gasteiger partial charge in [-0.2, -0.15) is 0 Å². The summed E-state index contributed by atoms with van der Waals surface area (Å²) in [5.74, 6) is 5.91. The number of hydrogen-bond donors (Lipinski definition) is 2. The number of aliphatic hydroxyl groups excluding tert-OH is 1. The number of carbonyl (C=O) groups is 1. The summed E-state index contributed by atoms with van der Waals surface area (Å²) >= 11 is 0. The molecule has 1 aromatic heterocycles. The van der Waals surface area contributed by atoms with Gasteiger partial charge in [-0.25, -0.2) is 0 Å². The highest BCUT2D eigenvalue weighted by Gasteiger charge is 2.34. The van der Waals surface area contributed by atoms with E-state index in [0.717, 1.165) is 40.6 Å². The molecule has 1 saturated heterocycles. The number of aromatic nitrogens is 1. The van der Waals surface area contributed by atoms with Crippen molar-refractivity contribution in [1.29, 1.82) is 0 Å². The van der Waals surface area contributed by atoms with Gasteiger partial charge < -0.3 is 14.9 Å². The van der Waals surface area contributed by atoms with Gasteiger partial charge in [-0.3, -0.25) is 14.7 Å². The summed E-state index contributed by atoms with van der Waals surface area (Å²) in [5.41, 5.74) is 3.74. The van der Waals surface area contributed by atoms with E-state index >= 15 is 0 Å². The van der Waals surface area contributed by atoms with Gasteiger partial charge >= 0.3 is 5.97 Å². The van der Waals surface area contributed by atoms with Crippen molar-refractivity contribution in [2.75, 3.05) is 26.7 Å². The predicted octanol–water partition coefficient (Wildman–Crippen LogP) is 4.44. The minimum absolute atomic E-state index is 0.0189. The lowest BCUT2D eigenvalue weighted by atomic mass is 9.81. The molecule has 0 unspecified atom stereocenters. The molecule has 0 radical (unpaired) electrons. The van der Waals surface area contributed by atoms with E-state index in [1.54, 1.807) is 13.3 Å². The highest BCUT2D eigenvalue weighted by molar-refractivity contribution is 5.83. The van der Waals surface area contributed by atoms with Gasteiger partial charge in [0.1, 0.15) is 5.75 Å². The maximum absolute atomic E-state index is 12.1. The molecule has 1 fully saturated rings. The molecule has 2 N–H and O–H groups in total. The van der Waals surface area contributed by atoms with Crippen LogP contribution >= 0.6 is 0 Å². The Bertz CT molecular complexity index is 1250. The van der Waals surface area contributed by atoms with E-state index in [9.17, 15) is 15.0 Å². The van der Waals surface area contributed by atoms with E-state index in [0.29, 0.717) is 31.7 Å². The lowest BCUT2D eigenvalue weighted by Gasteiger charge is -2.36. The second kappa shape index (κ2) is 11.4. The molecule has 2 aromatic carbocycles. The molecular weight excluding hydrogens is 440 g/mol. The number of benzene rings is 2. The Balaban J connectivity index is 1.38. The number of carboxylic acids is 1. The zero-order valence-electron chi connectivity index (χ0n) is 20.3. The largest absolute Gasteiger partial charge is 0.497 e. The van der Waals surface area contributed by atoms with Crippen molar-refractivity contribution in [2.24, 2.45) is 11.8 Å². The second-order valence-corrected chi connectivity index (χ2v) is 9.22. The minimum Gasteiger partial charge on any atom is -0.497 e. The average molecular weight is 473 g/mol. The van der Waals surface area contributed by atoms with Crippen molar-refractivity contribution in [3.05, 3.63) is 71.4 Å². The van der Waals surface area contributed by atoms with Crippen molar-refractivity contribution < 1.29 is 19.7 Å². The van der Waals surface area contributed by atoms with Crippen LogP contribution in [0, 0.1) is 30.6 Å². The van der Waals surface area contributed by atoms with Crippen molar-refractivity contribution in [3.63, 3.8) is 0 Å². The Morgan fingerprint density at radius 3 is 2.86 bits per heavy atom. The molecule has 0 saturated carbocycles. The monoisotopic (exact) mass is 472 g/mol. The van der Waals surface area contributed by atoms with E-state index in [2.05, 4.69) is 21.7 Å². The van der Waals surface area contributed by atoms with Crippen LogP contribution in [-0.4, -0.2) is 52.8 Å². The van der Waals surface area contributed by atoms with Gasteiger partial charge in [-0.05, 0) is 80.1 Å². The van der Waals surface area contributed by atoms with Crippen LogP contribution in [0.3, 0.4) is 0 Å². The second-order valence-electron chi connectivity index (χ2n) is 9.22. The van der Waals surface area contributed by atoms with Crippen LogP contribution in [-0.2, 0) is 4.79 Å². The molecule has 6 heteroatoms. The molecule has 1 aliphatic heterocycles. The van der Waals surface area contributed by atoms with Gasteiger partial charge in [0.05, 0.1) is 31.2 Å². The van der Waals surface area contributed by atoms with Gasteiger partial charge in [0, 0.05) is 23.7 Å². The van der Waals surface area contributed by atoms with Gasteiger partial charge in [0.2, 0.25) is 0 Å². The lowest BCUT2D eigenvalue weighted by molar-refractivity contribution is -0.146. The number of fused-ring (bicyclic) bond motifs is 1. The van der Waals surface area contributed by atoms with Gasteiger partial charge in [-0.1, -0.05) is 30.0 Å². The molecule has 35 heavy (non-hydrogen) atoms.